The molecule has 1 heterocycles. The number of hydrogen-bond donors (Lipinski definition) is 1. The van der Waals surface area contributed by atoms with E-state index in [1.165, 1.54) is 0 Å². The number of nitrogens with zero attached hydrogens (tertiary/aromatic N) is 1. The molecule has 2 atom stereocenters. The SMILES string of the molecule is COc1cccc(OC)c1C1=N[C@H]([C@@H](O)c2ccccc2)CO1. The molecule has 5 heteroatoms. The Morgan fingerprint density at radius 1 is 1.04 bits per heavy atom. The summed E-state index contributed by atoms with van der Waals surface area (Å²) in [6.07, 6.45) is -0.714. The van der Waals surface area contributed by atoms with E-state index in [-0.39, 0.29) is 6.04 Å². The van der Waals surface area contributed by atoms with E-state index in [9.17, 15) is 5.11 Å². The van der Waals surface area contributed by atoms with Gasteiger partial charge in [-0.2, -0.15) is 0 Å². The summed E-state index contributed by atoms with van der Waals surface area (Å²) in [6, 6.07) is 14.6. The Hall–Kier alpha value is -2.53. The van der Waals surface area contributed by atoms with Crippen molar-refractivity contribution in [1.82, 2.24) is 0 Å². The van der Waals surface area contributed by atoms with Gasteiger partial charge in [0.1, 0.15) is 35.8 Å². The van der Waals surface area contributed by atoms with Crippen molar-refractivity contribution in [3.63, 3.8) is 0 Å². The molecular formula is C18H19NO4. The molecular weight excluding hydrogens is 294 g/mol. The highest BCUT2D eigenvalue weighted by Crippen LogP contribution is 2.33. The fourth-order valence-corrected chi connectivity index (χ4v) is 2.62. The zero-order chi connectivity index (χ0) is 16.2. The van der Waals surface area contributed by atoms with Gasteiger partial charge in [0.2, 0.25) is 5.90 Å². The van der Waals surface area contributed by atoms with Gasteiger partial charge in [-0.05, 0) is 17.7 Å². The van der Waals surface area contributed by atoms with Gasteiger partial charge in [0.15, 0.2) is 0 Å². The molecule has 0 fully saturated rings. The second-order valence-corrected chi connectivity index (χ2v) is 5.21. The van der Waals surface area contributed by atoms with Crippen LogP contribution in [0.2, 0.25) is 0 Å². The van der Waals surface area contributed by atoms with Crippen molar-refractivity contribution in [2.45, 2.75) is 12.1 Å². The molecule has 120 valence electrons. The third-order valence-electron chi connectivity index (χ3n) is 3.82. The lowest BCUT2D eigenvalue weighted by molar-refractivity contribution is 0.130. The smallest absolute Gasteiger partial charge is 0.224 e. The number of rotatable bonds is 5. The molecule has 5 nitrogen and oxygen atoms in total. The average Bonchev–Trinajstić information content (AvgIpc) is 3.10. The molecule has 0 aliphatic carbocycles. The second kappa shape index (κ2) is 6.71. The van der Waals surface area contributed by atoms with Crippen LogP contribution in [0.5, 0.6) is 11.5 Å². The molecule has 2 aromatic rings. The molecule has 0 saturated carbocycles. The molecule has 0 radical (unpaired) electrons. The number of aliphatic hydroxyl groups is 1. The number of hydrogen-bond acceptors (Lipinski definition) is 5. The molecule has 3 rings (SSSR count). The zero-order valence-electron chi connectivity index (χ0n) is 13.1. The van der Waals surface area contributed by atoms with Crippen molar-refractivity contribution in [2.24, 2.45) is 4.99 Å². The molecule has 0 spiro atoms. The van der Waals surface area contributed by atoms with E-state index < -0.39 is 6.10 Å². The Balaban J connectivity index is 1.91. The molecule has 23 heavy (non-hydrogen) atoms. The van der Waals surface area contributed by atoms with Crippen LogP contribution in [0.4, 0.5) is 0 Å². The predicted octanol–water partition coefficient (Wildman–Crippen LogP) is 2.58. The number of benzene rings is 2. The van der Waals surface area contributed by atoms with Gasteiger partial charge in [-0.15, -0.1) is 0 Å². The minimum atomic E-state index is -0.714. The number of ether oxygens (including phenoxy) is 3. The van der Waals surface area contributed by atoms with Crippen LogP contribution in [0.25, 0.3) is 0 Å². The highest BCUT2D eigenvalue weighted by atomic mass is 16.5. The normalized spacial score (nSPS) is 18.0. The third-order valence-corrected chi connectivity index (χ3v) is 3.82. The summed E-state index contributed by atoms with van der Waals surface area (Å²) in [6.45, 7) is 0.312. The second-order valence-electron chi connectivity index (χ2n) is 5.21. The fraction of sp³-hybridized carbons (Fsp3) is 0.278. The van der Waals surface area contributed by atoms with Gasteiger partial charge in [0.25, 0.3) is 0 Å². The van der Waals surface area contributed by atoms with E-state index in [1.807, 2.05) is 48.5 Å². The standard InChI is InChI=1S/C18H19NO4/c1-21-14-9-6-10-15(22-2)16(14)18-19-13(11-23-18)17(20)12-7-4-3-5-8-12/h3-10,13,17,20H,11H2,1-2H3/t13-,17-/m0/s1. The van der Waals surface area contributed by atoms with E-state index in [1.54, 1.807) is 14.2 Å². The highest BCUT2D eigenvalue weighted by Gasteiger charge is 2.30. The monoisotopic (exact) mass is 313 g/mol. The fourth-order valence-electron chi connectivity index (χ4n) is 2.62. The lowest BCUT2D eigenvalue weighted by Gasteiger charge is -2.13. The van der Waals surface area contributed by atoms with Crippen molar-refractivity contribution in [3.8, 4) is 11.5 Å². The van der Waals surface area contributed by atoms with Gasteiger partial charge in [0.05, 0.1) is 14.2 Å². The first kappa shape index (κ1) is 15.4. The lowest BCUT2D eigenvalue weighted by Crippen LogP contribution is -2.17. The summed E-state index contributed by atoms with van der Waals surface area (Å²) >= 11 is 0. The molecule has 0 amide bonds. The summed E-state index contributed by atoms with van der Waals surface area (Å²) in [7, 11) is 3.17. The predicted molar refractivity (Wildman–Crippen MR) is 87.2 cm³/mol. The molecule has 1 N–H and O–H groups in total. The maximum atomic E-state index is 10.5. The quantitative estimate of drug-likeness (QED) is 0.921. The van der Waals surface area contributed by atoms with Gasteiger partial charge in [-0.25, -0.2) is 4.99 Å². The molecule has 2 aromatic carbocycles. The molecule has 1 aliphatic heterocycles. The first-order chi connectivity index (χ1) is 11.2. The Kier molecular flexibility index (Phi) is 4.48. The first-order valence-electron chi connectivity index (χ1n) is 7.39. The van der Waals surface area contributed by atoms with Crippen LogP contribution in [-0.2, 0) is 4.74 Å². The maximum absolute atomic E-state index is 10.5. The molecule has 0 unspecified atom stereocenters. The minimum absolute atomic E-state index is 0.312. The summed E-state index contributed by atoms with van der Waals surface area (Å²) in [5.41, 5.74) is 1.48. The Bertz CT molecular complexity index is 677. The topological polar surface area (TPSA) is 60.3 Å². The minimum Gasteiger partial charge on any atom is -0.496 e. The largest absolute Gasteiger partial charge is 0.496 e. The molecule has 0 bridgehead atoms. The van der Waals surface area contributed by atoms with E-state index in [2.05, 4.69) is 4.99 Å². The van der Waals surface area contributed by atoms with Crippen LogP contribution in [0.1, 0.15) is 17.2 Å². The molecule has 1 aliphatic rings. The Morgan fingerprint density at radius 2 is 1.70 bits per heavy atom. The van der Waals surface area contributed by atoms with Crippen molar-refractivity contribution < 1.29 is 19.3 Å². The Morgan fingerprint density at radius 3 is 2.30 bits per heavy atom. The zero-order valence-corrected chi connectivity index (χ0v) is 13.1. The van der Waals surface area contributed by atoms with Gasteiger partial charge >= 0.3 is 0 Å². The number of methoxy groups -OCH3 is 2. The van der Waals surface area contributed by atoms with Gasteiger partial charge in [-0.3, -0.25) is 0 Å². The Labute approximate surface area is 135 Å². The highest BCUT2D eigenvalue weighted by molar-refractivity contribution is 6.00. The first-order valence-corrected chi connectivity index (χ1v) is 7.39. The van der Waals surface area contributed by atoms with Crippen LogP contribution in [0, 0.1) is 0 Å². The van der Waals surface area contributed by atoms with Crippen molar-refractivity contribution >= 4 is 5.90 Å². The summed E-state index contributed by atoms with van der Waals surface area (Å²) in [5.74, 6) is 1.68. The van der Waals surface area contributed by atoms with Crippen LogP contribution in [0.3, 0.4) is 0 Å². The van der Waals surface area contributed by atoms with Crippen LogP contribution >= 0.6 is 0 Å². The maximum Gasteiger partial charge on any atom is 0.224 e. The van der Waals surface area contributed by atoms with E-state index in [0.717, 1.165) is 5.56 Å². The lowest BCUT2D eigenvalue weighted by atomic mass is 10.0. The van der Waals surface area contributed by atoms with Crippen molar-refractivity contribution in [3.05, 3.63) is 59.7 Å². The van der Waals surface area contributed by atoms with Crippen molar-refractivity contribution in [2.75, 3.05) is 20.8 Å². The van der Waals surface area contributed by atoms with Gasteiger partial charge < -0.3 is 19.3 Å². The van der Waals surface area contributed by atoms with Crippen LogP contribution in [0.15, 0.2) is 53.5 Å². The number of aliphatic imine (C=N–C) groups is 1. The van der Waals surface area contributed by atoms with Gasteiger partial charge in [-0.1, -0.05) is 36.4 Å². The average molecular weight is 313 g/mol. The summed E-state index contributed by atoms with van der Waals surface area (Å²) in [4.78, 5) is 4.54. The molecule has 0 aromatic heterocycles. The van der Waals surface area contributed by atoms with E-state index in [0.29, 0.717) is 29.6 Å². The third kappa shape index (κ3) is 3.00. The van der Waals surface area contributed by atoms with Gasteiger partial charge in [0, 0.05) is 0 Å². The number of aliphatic hydroxyl groups excluding tert-OH is 1. The van der Waals surface area contributed by atoms with E-state index >= 15 is 0 Å². The summed E-state index contributed by atoms with van der Waals surface area (Å²) in [5, 5.41) is 10.5. The van der Waals surface area contributed by atoms with Crippen molar-refractivity contribution in [1.29, 1.82) is 0 Å². The summed E-state index contributed by atoms with van der Waals surface area (Å²) < 4.78 is 16.5. The van der Waals surface area contributed by atoms with Crippen LogP contribution in [-0.4, -0.2) is 37.9 Å². The van der Waals surface area contributed by atoms with Crippen LogP contribution < -0.4 is 9.47 Å². The van der Waals surface area contributed by atoms with E-state index in [4.69, 9.17) is 14.2 Å². The molecule has 0 saturated heterocycles.